The fourth-order valence-corrected chi connectivity index (χ4v) is 2.59. The van der Waals surface area contributed by atoms with Crippen molar-refractivity contribution >= 4 is 11.6 Å². The summed E-state index contributed by atoms with van der Waals surface area (Å²) in [6, 6.07) is 13.8. The number of rotatable bonds is 9. The van der Waals surface area contributed by atoms with Crippen LogP contribution in [-0.2, 0) is 17.8 Å². The van der Waals surface area contributed by atoms with Gasteiger partial charge in [-0.25, -0.2) is 0 Å². The average Bonchev–Trinajstić information content (AvgIpc) is 2.66. The Hall–Kier alpha value is -2.69. The smallest absolute Gasteiger partial charge is 0.222 e. The van der Waals surface area contributed by atoms with Gasteiger partial charge in [0.15, 0.2) is 11.5 Å². The number of amides is 1. The van der Waals surface area contributed by atoms with Gasteiger partial charge in [0.2, 0.25) is 5.91 Å². The summed E-state index contributed by atoms with van der Waals surface area (Å²) >= 11 is 0. The van der Waals surface area contributed by atoms with Crippen LogP contribution in [0.5, 0.6) is 11.5 Å². The molecule has 0 aliphatic rings. The van der Waals surface area contributed by atoms with Crippen LogP contribution in [0.2, 0.25) is 0 Å². The van der Waals surface area contributed by atoms with Crippen molar-refractivity contribution < 1.29 is 14.3 Å². The second-order valence-corrected chi connectivity index (χ2v) is 5.65. The minimum atomic E-state index is 0.0104. The van der Waals surface area contributed by atoms with Crippen LogP contribution in [0.4, 0.5) is 5.69 Å². The Kier molecular flexibility index (Phi) is 7.14. The maximum Gasteiger partial charge on any atom is 0.222 e. The van der Waals surface area contributed by atoms with Crippen molar-refractivity contribution in [1.29, 1.82) is 0 Å². The zero-order valence-electron chi connectivity index (χ0n) is 15.1. The SMILES string of the molecule is CCc1ccccc1NCCC(=O)NCc1ccc(OC)c(OC)c1. The van der Waals surface area contributed by atoms with Gasteiger partial charge in [0.25, 0.3) is 0 Å². The van der Waals surface area contributed by atoms with Gasteiger partial charge in [-0.1, -0.05) is 31.2 Å². The fourth-order valence-electron chi connectivity index (χ4n) is 2.59. The number of carbonyl (C=O) groups excluding carboxylic acids is 1. The Morgan fingerprint density at radius 3 is 2.52 bits per heavy atom. The van der Waals surface area contributed by atoms with Gasteiger partial charge in [0.05, 0.1) is 14.2 Å². The molecule has 2 rings (SSSR count). The highest BCUT2D eigenvalue weighted by Crippen LogP contribution is 2.27. The number of aryl methyl sites for hydroxylation is 1. The zero-order chi connectivity index (χ0) is 18.1. The van der Waals surface area contributed by atoms with E-state index in [4.69, 9.17) is 9.47 Å². The molecule has 2 N–H and O–H groups in total. The first kappa shape index (κ1) is 18.6. The largest absolute Gasteiger partial charge is 0.493 e. The van der Waals surface area contributed by atoms with Gasteiger partial charge >= 0.3 is 0 Å². The predicted octanol–water partition coefficient (Wildman–Crippen LogP) is 3.38. The van der Waals surface area contributed by atoms with E-state index in [9.17, 15) is 4.79 Å². The molecule has 25 heavy (non-hydrogen) atoms. The van der Waals surface area contributed by atoms with Crippen molar-refractivity contribution in [2.45, 2.75) is 26.3 Å². The minimum absolute atomic E-state index is 0.0104. The van der Waals surface area contributed by atoms with E-state index in [-0.39, 0.29) is 5.91 Å². The van der Waals surface area contributed by atoms with Crippen molar-refractivity contribution in [3.8, 4) is 11.5 Å². The summed E-state index contributed by atoms with van der Waals surface area (Å²) in [7, 11) is 3.20. The highest BCUT2D eigenvalue weighted by atomic mass is 16.5. The van der Waals surface area contributed by atoms with E-state index >= 15 is 0 Å². The number of carbonyl (C=O) groups is 1. The molecule has 5 heteroatoms. The molecule has 0 saturated carbocycles. The van der Waals surface area contributed by atoms with E-state index in [0.717, 1.165) is 17.7 Å². The van der Waals surface area contributed by atoms with Gasteiger partial charge < -0.3 is 20.1 Å². The van der Waals surface area contributed by atoms with Crippen molar-refractivity contribution in [2.24, 2.45) is 0 Å². The number of benzene rings is 2. The van der Waals surface area contributed by atoms with Crippen LogP contribution in [0, 0.1) is 0 Å². The first-order valence-electron chi connectivity index (χ1n) is 8.47. The van der Waals surface area contributed by atoms with Gasteiger partial charge in [-0.2, -0.15) is 0 Å². The number of methoxy groups -OCH3 is 2. The Morgan fingerprint density at radius 1 is 1.04 bits per heavy atom. The van der Waals surface area contributed by atoms with Gasteiger partial charge in [0, 0.05) is 25.2 Å². The second-order valence-electron chi connectivity index (χ2n) is 5.65. The molecule has 2 aromatic rings. The van der Waals surface area contributed by atoms with Crippen LogP contribution in [0.1, 0.15) is 24.5 Å². The molecule has 0 spiro atoms. The van der Waals surface area contributed by atoms with Gasteiger partial charge in [-0.05, 0) is 35.7 Å². The van der Waals surface area contributed by atoms with Crippen LogP contribution in [0.3, 0.4) is 0 Å². The molecule has 0 fully saturated rings. The molecular formula is C20H26N2O3. The van der Waals surface area contributed by atoms with Crippen LogP contribution < -0.4 is 20.1 Å². The predicted molar refractivity (Wildman–Crippen MR) is 100 cm³/mol. The van der Waals surface area contributed by atoms with Crippen LogP contribution in [0.15, 0.2) is 42.5 Å². The third-order valence-electron chi connectivity index (χ3n) is 4.00. The molecule has 0 aliphatic carbocycles. The molecule has 0 bridgehead atoms. The Labute approximate surface area is 149 Å². The quantitative estimate of drug-likeness (QED) is 0.733. The molecule has 0 radical (unpaired) electrons. The lowest BCUT2D eigenvalue weighted by atomic mass is 10.1. The van der Waals surface area contributed by atoms with E-state index < -0.39 is 0 Å². The third kappa shape index (κ3) is 5.41. The Morgan fingerprint density at radius 2 is 1.80 bits per heavy atom. The maximum absolute atomic E-state index is 12.0. The molecule has 0 aliphatic heterocycles. The molecule has 0 aromatic heterocycles. The van der Waals surface area contributed by atoms with E-state index in [1.807, 2.05) is 36.4 Å². The summed E-state index contributed by atoms with van der Waals surface area (Å²) in [4.78, 5) is 12.0. The van der Waals surface area contributed by atoms with Crippen LogP contribution in [0.25, 0.3) is 0 Å². The van der Waals surface area contributed by atoms with E-state index in [1.165, 1.54) is 5.56 Å². The molecule has 0 unspecified atom stereocenters. The summed E-state index contributed by atoms with van der Waals surface area (Å²) in [6.07, 6.45) is 1.39. The average molecular weight is 342 g/mol. The summed E-state index contributed by atoms with van der Waals surface area (Å²) in [5.74, 6) is 1.35. The number of hydrogen-bond donors (Lipinski definition) is 2. The molecule has 5 nitrogen and oxygen atoms in total. The first-order chi connectivity index (χ1) is 12.2. The lowest BCUT2D eigenvalue weighted by Gasteiger charge is -2.12. The summed E-state index contributed by atoms with van der Waals surface area (Å²) in [5.41, 5.74) is 3.32. The minimum Gasteiger partial charge on any atom is -0.493 e. The third-order valence-corrected chi connectivity index (χ3v) is 4.00. The van der Waals surface area contributed by atoms with E-state index in [0.29, 0.717) is 31.0 Å². The molecule has 0 saturated heterocycles. The number of nitrogens with one attached hydrogen (secondary N) is 2. The van der Waals surface area contributed by atoms with Crippen LogP contribution in [-0.4, -0.2) is 26.7 Å². The van der Waals surface area contributed by atoms with Gasteiger partial charge in [-0.15, -0.1) is 0 Å². The second kappa shape index (κ2) is 9.57. The first-order valence-corrected chi connectivity index (χ1v) is 8.47. The Bertz CT molecular complexity index is 701. The summed E-state index contributed by atoms with van der Waals surface area (Å²) in [6.45, 7) is 3.19. The standard InChI is InChI=1S/C20H26N2O3/c1-4-16-7-5-6-8-17(16)21-12-11-20(23)22-14-15-9-10-18(24-2)19(13-15)25-3/h5-10,13,21H,4,11-12,14H2,1-3H3,(H,22,23). The van der Waals surface area contributed by atoms with E-state index in [1.54, 1.807) is 14.2 Å². The van der Waals surface area contributed by atoms with E-state index in [2.05, 4.69) is 23.6 Å². The number of hydrogen-bond acceptors (Lipinski definition) is 4. The fraction of sp³-hybridized carbons (Fsp3) is 0.350. The van der Waals surface area contributed by atoms with Gasteiger partial charge in [-0.3, -0.25) is 4.79 Å². The van der Waals surface area contributed by atoms with Crippen molar-refractivity contribution in [3.63, 3.8) is 0 Å². The van der Waals surface area contributed by atoms with Crippen molar-refractivity contribution in [3.05, 3.63) is 53.6 Å². The highest BCUT2D eigenvalue weighted by molar-refractivity contribution is 5.76. The number of anilines is 1. The topological polar surface area (TPSA) is 59.6 Å². The van der Waals surface area contributed by atoms with Gasteiger partial charge in [0.1, 0.15) is 0 Å². The molecule has 2 aromatic carbocycles. The molecule has 1 amide bonds. The molecule has 134 valence electrons. The zero-order valence-corrected chi connectivity index (χ0v) is 15.1. The Balaban J connectivity index is 1.79. The lowest BCUT2D eigenvalue weighted by molar-refractivity contribution is -0.121. The molecule has 0 heterocycles. The monoisotopic (exact) mass is 342 g/mol. The maximum atomic E-state index is 12.0. The van der Waals surface area contributed by atoms with Crippen LogP contribution >= 0.6 is 0 Å². The highest BCUT2D eigenvalue weighted by Gasteiger charge is 2.06. The normalized spacial score (nSPS) is 10.2. The lowest BCUT2D eigenvalue weighted by Crippen LogP contribution is -2.25. The van der Waals surface area contributed by atoms with Crippen molar-refractivity contribution in [1.82, 2.24) is 5.32 Å². The summed E-state index contributed by atoms with van der Waals surface area (Å²) < 4.78 is 10.5. The molecular weight excluding hydrogens is 316 g/mol. The number of ether oxygens (including phenoxy) is 2. The van der Waals surface area contributed by atoms with Crippen molar-refractivity contribution in [2.75, 3.05) is 26.1 Å². The number of para-hydroxylation sites is 1. The molecule has 0 atom stereocenters. The summed E-state index contributed by atoms with van der Waals surface area (Å²) in [5, 5.41) is 6.26.